The van der Waals surface area contributed by atoms with E-state index in [0.717, 1.165) is 61.7 Å². The lowest BCUT2D eigenvalue weighted by molar-refractivity contribution is -0.118. The summed E-state index contributed by atoms with van der Waals surface area (Å²) in [5.74, 6) is 1.54. The Kier molecular flexibility index (Phi) is 7.61. The third-order valence-electron chi connectivity index (χ3n) is 5.90. The van der Waals surface area contributed by atoms with Crippen molar-refractivity contribution in [1.29, 1.82) is 0 Å². The Morgan fingerprint density at radius 3 is 2.79 bits per heavy atom. The van der Waals surface area contributed by atoms with E-state index < -0.39 is 0 Å². The Labute approximate surface area is 204 Å². The second-order valence-electron chi connectivity index (χ2n) is 8.04. The molecule has 3 aromatic rings. The molecule has 0 spiro atoms. The average molecular weight is 486 g/mol. The largest absolute Gasteiger partial charge is 0.481 e. The molecular formula is C23H28ClN7O3. The van der Waals surface area contributed by atoms with Crippen molar-refractivity contribution >= 4 is 40.9 Å². The van der Waals surface area contributed by atoms with Crippen LogP contribution in [0.5, 0.6) is 11.6 Å². The van der Waals surface area contributed by atoms with Gasteiger partial charge in [0.05, 0.1) is 24.0 Å². The topological polar surface area (TPSA) is 105 Å². The Morgan fingerprint density at radius 1 is 1.12 bits per heavy atom. The van der Waals surface area contributed by atoms with Gasteiger partial charge in [0.15, 0.2) is 18.2 Å². The van der Waals surface area contributed by atoms with Crippen LogP contribution in [-0.4, -0.2) is 78.7 Å². The molecule has 0 unspecified atom stereocenters. The van der Waals surface area contributed by atoms with E-state index in [-0.39, 0.29) is 24.9 Å². The number of anilines is 2. The molecule has 0 saturated carbocycles. The van der Waals surface area contributed by atoms with Gasteiger partial charge in [0.1, 0.15) is 5.52 Å². The number of ether oxygens (including phenoxy) is 2. The number of aromatic nitrogens is 3. The molecule has 1 saturated heterocycles. The Balaban J connectivity index is 0.00000274. The number of methoxy groups -OCH3 is 1. The summed E-state index contributed by atoms with van der Waals surface area (Å²) < 4.78 is 10.7. The van der Waals surface area contributed by atoms with E-state index >= 15 is 0 Å². The Morgan fingerprint density at radius 2 is 1.97 bits per heavy atom. The van der Waals surface area contributed by atoms with Crippen LogP contribution >= 0.6 is 12.4 Å². The van der Waals surface area contributed by atoms with Crippen LogP contribution < -0.4 is 25.0 Å². The summed E-state index contributed by atoms with van der Waals surface area (Å²) in [4.78, 5) is 29.8. The zero-order valence-electron chi connectivity index (χ0n) is 19.0. The van der Waals surface area contributed by atoms with Crippen LogP contribution in [0.2, 0.25) is 0 Å². The van der Waals surface area contributed by atoms with E-state index in [1.165, 1.54) is 0 Å². The monoisotopic (exact) mass is 485 g/mol. The number of rotatable bonds is 7. The molecule has 180 valence electrons. The Bertz CT molecular complexity index is 1150. The molecule has 0 bridgehead atoms. The molecule has 3 aromatic heterocycles. The van der Waals surface area contributed by atoms with Gasteiger partial charge in [-0.1, -0.05) is 0 Å². The average Bonchev–Trinajstić information content (AvgIpc) is 2.86. The number of amides is 1. The van der Waals surface area contributed by atoms with Crippen LogP contribution in [0.15, 0.2) is 36.5 Å². The quantitative estimate of drug-likeness (QED) is 0.484. The third kappa shape index (κ3) is 5.30. The molecule has 1 fully saturated rings. The van der Waals surface area contributed by atoms with Gasteiger partial charge in [0, 0.05) is 58.1 Å². The van der Waals surface area contributed by atoms with Gasteiger partial charge in [-0.25, -0.2) is 9.97 Å². The van der Waals surface area contributed by atoms with E-state index in [9.17, 15) is 4.79 Å². The van der Waals surface area contributed by atoms with Crippen molar-refractivity contribution in [2.75, 3.05) is 63.2 Å². The minimum atomic E-state index is -0.172. The highest BCUT2D eigenvalue weighted by molar-refractivity contribution is 5.94. The molecule has 5 heterocycles. The fourth-order valence-corrected chi connectivity index (χ4v) is 4.13. The number of halogens is 1. The first-order valence-corrected chi connectivity index (χ1v) is 11.1. The van der Waals surface area contributed by atoms with E-state index in [0.29, 0.717) is 24.0 Å². The minimum absolute atomic E-state index is 0. The molecule has 34 heavy (non-hydrogen) atoms. The molecule has 11 heteroatoms. The fraction of sp³-hybridized carbons (Fsp3) is 0.391. The van der Waals surface area contributed by atoms with Crippen LogP contribution in [0.4, 0.5) is 11.5 Å². The molecule has 1 amide bonds. The van der Waals surface area contributed by atoms with Crippen molar-refractivity contribution in [3.8, 4) is 11.6 Å². The third-order valence-corrected chi connectivity index (χ3v) is 5.90. The van der Waals surface area contributed by atoms with Crippen LogP contribution in [-0.2, 0) is 11.3 Å². The molecule has 2 aliphatic heterocycles. The predicted molar refractivity (Wildman–Crippen MR) is 132 cm³/mol. The summed E-state index contributed by atoms with van der Waals surface area (Å²) in [6.07, 6.45) is 1.84. The van der Waals surface area contributed by atoms with Gasteiger partial charge in [-0.3, -0.25) is 14.7 Å². The summed E-state index contributed by atoms with van der Waals surface area (Å²) in [6, 6.07) is 9.60. The minimum Gasteiger partial charge on any atom is -0.481 e. The maximum Gasteiger partial charge on any atom is 0.263 e. The van der Waals surface area contributed by atoms with Crippen molar-refractivity contribution in [1.82, 2.24) is 25.2 Å². The highest BCUT2D eigenvalue weighted by Crippen LogP contribution is 2.27. The lowest BCUT2D eigenvalue weighted by atomic mass is 10.2. The molecule has 0 aromatic carbocycles. The van der Waals surface area contributed by atoms with Gasteiger partial charge in [-0.15, -0.1) is 12.4 Å². The number of fused-ring (bicyclic) bond motifs is 2. The van der Waals surface area contributed by atoms with Gasteiger partial charge in [0.2, 0.25) is 5.88 Å². The number of piperazine rings is 1. The zero-order valence-corrected chi connectivity index (χ0v) is 19.8. The van der Waals surface area contributed by atoms with Crippen molar-refractivity contribution < 1.29 is 14.3 Å². The highest BCUT2D eigenvalue weighted by atomic mass is 35.5. The van der Waals surface area contributed by atoms with Crippen molar-refractivity contribution in [3.05, 3.63) is 42.2 Å². The number of carbonyl (C=O) groups excluding carboxylic acids is 1. The molecular weight excluding hydrogens is 458 g/mol. The number of nitrogens with zero attached hydrogens (tertiary/aromatic N) is 5. The molecule has 2 N–H and O–H groups in total. The van der Waals surface area contributed by atoms with Crippen molar-refractivity contribution in [2.24, 2.45) is 0 Å². The highest BCUT2D eigenvalue weighted by Gasteiger charge is 2.20. The smallest absolute Gasteiger partial charge is 0.263 e. The second kappa shape index (κ2) is 10.8. The lowest BCUT2D eigenvalue weighted by Crippen LogP contribution is -2.48. The van der Waals surface area contributed by atoms with E-state index in [4.69, 9.17) is 9.47 Å². The zero-order chi connectivity index (χ0) is 22.6. The predicted octanol–water partition coefficient (Wildman–Crippen LogP) is 1.70. The first-order valence-electron chi connectivity index (χ1n) is 11.1. The number of nitrogens with one attached hydrogen (secondary N) is 2. The maximum absolute atomic E-state index is 11.5. The summed E-state index contributed by atoms with van der Waals surface area (Å²) in [7, 11) is 1.63. The molecule has 0 aliphatic carbocycles. The summed E-state index contributed by atoms with van der Waals surface area (Å²) in [5, 5.41) is 6.19. The van der Waals surface area contributed by atoms with E-state index in [2.05, 4.69) is 35.4 Å². The number of carbonyl (C=O) groups is 1. The van der Waals surface area contributed by atoms with Crippen molar-refractivity contribution in [3.63, 3.8) is 0 Å². The number of pyridine rings is 3. The van der Waals surface area contributed by atoms with Crippen LogP contribution in [0.3, 0.4) is 0 Å². The first kappa shape index (κ1) is 23.9. The second-order valence-corrected chi connectivity index (χ2v) is 8.04. The summed E-state index contributed by atoms with van der Waals surface area (Å²) in [5.41, 5.74) is 3.73. The molecule has 5 rings (SSSR count). The summed E-state index contributed by atoms with van der Waals surface area (Å²) in [6.45, 7) is 6.33. The normalized spacial score (nSPS) is 15.8. The van der Waals surface area contributed by atoms with E-state index in [1.54, 1.807) is 7.11 Å². The van der Waals surface area contributed by atoms with Gasteiger partial charge >= 0.3 is 0 Å². The molecule has 0 atom stereocenters. The van der Waals surface area contributed by atoms with Crippen molar-refractivity contribution in [2.45, 2.75) is 6.54 Å². The van der Waals surface area contributed by atoms with Gasteiger partial charge in [-0.05, 0) is 24.3 Å². The molecule has 10 nitrogen and oxygen atoms in total. The number of hydrogen-bond donors (Lipinski definition) is 2. The van der Waals surface area contributed by atoms with Crippen LogP contribution in [0.25, 0.3) is 11.0 Å². The maximum atomic E-state index is 11.5. The SMILES string of the molecule is COc1ccc2nccc(N3CCN(CCNCc4ccc5c(n4)NC(=O)CO5)CC3)c2n1.Cl. The van der Waals surface area contributed by atoms with Gasteiger partial charge in [0.25, 0.3) is 5.91 Å². The fourth-order valence-electron chi connectivity index (χ4n) is 4.13. The first-order chi connectivity index (χ1) is 16.2. The van der Waals surface area contributed by atoms with Crippen LogP contribution in [0, 0.1) is 0 Å². The standard InChI is InChI=1S/C23H27N7O3.ClH/c1-32-21-5-3-17-22(28-21)18(6-7-25-17)30-12-10-29(11-13-30)9-8-24-14-16-2-4-19-23(26-16)27-20(31)15-33-19;/h2-7,24H,8-15H2,1H3,(H,26,27,31);1H. The number of hydrogen-bond acceptors (Lipinski definition) is 9. The summed E-state index contributed by atoms with van der Waals surface area (Å²) >= 11 is 0. The lowest BCUT2D eigenvalue weighted by Gasteiger charge is -2.36. The molecule has 0 radical (unpaired) electrons. The Hall–Kier alpha value is -3.21. The van der Waals surface area contributed by atoms with E-state index in [1.807, 2.05) is 36.5 Å². The molecule has 2 aliphatic rings. The van der Waals surface area contributed by atoms with Gasteiger partial charge < -0.3 is 25.0 Å². The van der Waals surface area contributed by atoms with Gasteiger partial charge in [-0.2, -0.15) is 0 Å². The van der Waals surface area contributed by atoms with Crippen LogP contribution in [0.1, 0.15) is 5.69 Å².